The van der Waals surface area contributed by atoms with Gasteiger partial charge in [-0.3, -0.25) is 0 Å². The van der Waals surface area contributed by atoms with Gasteiger partial charge in [-0.1, -0.05) is 12.1 Å². The van der Waals surface area contributed by atoms with Crippen molar-refractivity contribution in [1.29, 1.82) is 0 Å². The molecule has 0 saturated carbocycles. The predicted octanol–water partition coefficient (Wildman–Crippen LogP) is 2.25. The number of aromatic hydroxyl groups is 2. The summed E-state index contributed by atoms with van der Waals surface area (Å²) in [5.41, 5.74) is 30.1. The van der Waals surface area contributed by atoms with Crippen LogP contribution < -0.4 is 33.6 Å². The first-order valence-electron chi connectivity index (χ1n) is 11.5. The molecule has 0 aliphatic heterocycles. The quantitative estimate of drug-likeness (QED) is 0.105. The van der Waals surface area contributed by atoms with E-state index in [1.165, 1.54) is 6.20 Å². The zero-order valence-electron chi connectivity index (χ0n) is 21.1. The minimum absolute atomic E-state index is 0.0738. The Bertz CT molecular complexity index is 1050. The number of rotatable bonds is 5. The summed E-state index contributed by atoms with van der Waals surface area (Å²) in [6.45, 7) is 1.18. The second kappa shape index (κ2) is 17.5. The third kappa shape index (κ3) is 13.3. The molecule has 204 valence electrons. The molecule has 3 aromatic carbocycles. The fourth-order valence-electron chi connectivity index (χ4n) is 2.68. The maximum Gasteiger partial charge on any atom is 0.138 e. The van der Waals surface area contributed by atoms with Crippen LogP contribution in [-0.2, 0) is 0 Å². The molecule has 4 rings (SSSR count). The first-order valence-corrected chi connectivity index (χ1v) is 11.5. The molecular weight excluding hydrogens is 486 g/mol. The molecule has 0 aliphatic carbocycles. The fourth-order valence-corrected chi connectivity index (χ4v) is 2.68. The van der Waals surface area contributed by atoms with Crippen molar-refractivity contribution < 1.29 is 20.4 Å². The molecule has 0 saturated heterocycles. The summed E-state index contributed by atoms with van der Waals surface area (Å²) in [6.07, 6.45) is 1.52. The number of aliphatic hydroxyl groups is 2. The van der Waals surface area contributed by atoms with Crippen molar-refractivity contribution in [2.24, 2.45) is 0 Å². The molecule has 1 heterocycles. The third-order valence-corrected chi connectivity index (χ3v) is 4.64. The van der Waals surface area contributed by atoms with Crippen molar-refractivity contribution in [3.8, 4) is 11.5 Å². The molecule has 0 bridgehead atoms. The molecular formula is C27H37N7O4. The number of hydrogen-bond acceptors (Lipinski definition) is 11. The van der Waals surface area contributed by atoms with Gasteiger partial charge >= 0.3 is 0 Å². The number of phenols is 2. The average molecular weight is 524 g/mol. The third-order valence-electron chi connectivity index (χ3n) is 4.64. The molecule has 11 heteroatoms. The van der Waals surface area contributed by atoms with E-state index in [2.05, 4.69) is 4.98 Å². The predicted molar refractivity (Wildman–Crippen MR) is 155 cm³/mol. The lowest BCUT2D eigenvalue weighted by Gasteiger charge is -2.22. The standard InChI is InChI=1S/C10H16N2O2.2C6H7NO.C5H7N3/c11-9-1-3-10(4-2-9)12(5-7-13)6-8-14;7-5-1-3-6(8)4-2-5;7-5-3-1-2-4-6(5)8;6-4-1-2-5(7)8-3-4/h1-4,13-14H,5-8,11H2;2*1-4,8H,7H2;1-3H,6H2,(H2,7,8). The summed E-state index contributed by atoms with van der Waals surface area (Å²) < 4.78 is 0. The summed E-state index contributed by atoms with van der Waals surface area (Å²) in [6, 6.07) is 23.8. The Kier molecular flexibility index (Phi) is 14.4. The molecule has 14 N–H and O–H groups in total. The highest BCUT2D eigenvalue weighted by molar-refractivity contribution is 5.53. The van der Waals surface area contributed by atoms with E-state index in [0.29, 0.717) is 41.7 Å². The lowest BCUT2D eigenvalue weighted by molar-refractivity contribution is 0.281. The van der Waals surface area contributed by atoms with Gasteiger partial charge in [0.05, 0.1) is 30.8 Å². The van der Waals surface area contributed by atoms with Crippen LogP contribution in [0.3, 0.4) is 0 Å². The average Bonchev–Trinajstić information content (AvgIpc) is 2.91. The number of nitrogen functional groups attached to an aromatic ring is 5. The van der Waals surface area contributed by atoms with E-state index >= 15 is 0 Å². The first kappa shape index (κ1) is 31.2. The largest absolute Gasteiger partial charge is 0.508 e. The number of nitrogens with zero attached hydrogens (tertiary/aromatic N) is 2. The molecule has 4 aromatic rings. The number of para-hydroxylation sites is 2. The molecule has 0 aliphatic rings. The Morgan fingerprint density at radius 2 is 1.11 bits per heavy atom. The van der Waals surface area contributed by atoms with Gasteiger partial charge in [-0.25, -0.2) is 4.98 Å². The van der Waals surface area contributed by atoms with E-state index in [4.69, 9.17) is 49.1 Å². The fraction of sp³-hybridized carbons (Fsp3) is 0.148. The summed E-state index contributed by atoms with van der Waals surface area (Å²) in [7, 11) is 0. The van der Waals surface area contributed by atoms with Crippen LogP contribution >= 0.6 is 0 Å². The summed E-state index contributed by atoms with van der Waals surface area (Å²) in [5.74, 6) is 0.894. The first-order chi connectivity index (χ1) is 18.2. The summed E-state index contributed by atoms with van der Waals surface area (Å²) >= 11 is 0. The van der Waals surface area contributed by atoms with Crippen molar-refractivity contribution >= 4 is 34.3 Å². The summed E-state index contributed by atoms with van der Waals surface area (Å²) in [5, 5.41) is 35.2. The van der Waals surface area contributed by atoms with Crippen LogP contribution in [0.2, 0.25) is 0 Å². The molecule has 11 nitrogen and oxygen atoms in total. The smallest absolute Gasteiger partial charge is 0.138 e. The van der Waals surface area contributed by atoms with Crippen molar-refractivity contribution in [3.05, 3.63) is 91.1 Å². The number of aromatic nitrogens is 1. The number of phenolic OH excluding ortho intramolecular Hbond substituents is 2. The van der Waals surface area contributed by atoms with Crippen LogP contribution in [0.1, 0.15) is 0 Å². The Labute approximate surface area is 222 Å². The molecule has 0 spiro atoms. The van der Waals surface area contributed by atoms with E-state index in [0.717, 1.165) is 5.69 Å². The molecule has 1 aromatic heterocycles. The lowest BCUT2D eigenvalue weighted by atomic mass is 10.2. The van der Waals surface area contributed by atoms with E-state index < -0.39 is 0 Å². The van der Waals surface area contributed by atoms with Crippen molar-refractivity contribution in [2.45, 2.75) is 0 Å². The zero-order valence-corrected chi connectivity index (χ0v) is 21.1. The van der Waals surface area contributed by atoms with E-state index in [9.17, 15) is 0 Å². The number of hydrogen-bond donors (Lipinski definition) is 9. The number of benzene rings is 3. The van der Waals surface area contributed by atoms with E-state index in [1.54, 1.807) is 72.8 Å². The molecule has 0 atom stereocenters. The van der Waals surface area contributed by atoms with Crippen LogP contribution in [0.25, 0.3) is 0 Å². The van der Waals surface area contributed by atoms with Gasteiger partial charge in [0.15, 0.2) is 0 Å². The number of anilines is 6. The molecule has 0 amide bonds. The van der Waals surface area contributed by atoms with Gasteiger partial charge in [0.25, 0.3) is 0 Å². The normalized spacial score (nSPS) is 9.42. The van der Waals surface area contributed by atoms with Gasteiger partial charge in [0, 0.05) is 30.2 Å². The topological polar surface area (TPSA) is 227 Å². The van der Waals surface area contributed by atoms with Crippen molar-refractivity contribution in [1.82, 2.24) is 4.98 Å². The molecule has 0 radical (unpaired) electrons. The maximum absolute atomic E-state index is 8.83. The molecule has 38 heavy (non-hydrogen) atoms. The number of aliphatic hydroxyl groups excluding tert-OH is 2. The van der Waals surface area contributed by atoms with Gasteiger partial charge in [-0.05, 0) is 72.8 Å². The van der Waals surface area contributed by atoms with Crippen molar-refractivity contribution in [2.75, 3.05) is 59.9 Å². The second-order valence-corrected chi connectivity index (χ2v) is 7.69. The summed E-state index contributed by atoms with van der Waals surface area (Å²) in [4.78, 5) is 5.63. The molecule has 0 unspecified atom stereocenters. The lowest BCUT2D eigenvalue weighted by Crippen LogP contribution is -2.29. The van der Waals surface area contributed by atoms with E-state index in [-0.39, 0.29) is 24.7 Å². The van der Waals surface area contributed by atoms with Crippen LogP contribution in [0.4, 0.5) is 34.3 Å². The SMILES string of the molecule is Nc1ccc(N(CCO)CCO)cc1.Nc1ccc(N)nc1.Nc1ccc(O)cc1.Nc1ccccc1O. The highest BCUT2D eigenvalue weighted by Gasteiger charge is 2.04. The van der Waals surface area contributed by atoms with Crippen molar-refractivity contribution in [3.63, 3.8) is 0 Å². The van der Waals surface area contributed by atoms with Crippen LogP contribution in [-0.4, -0.2) is 51.7 Å². The van der Waals surface area contributed by atoms with Gasteiger partial charge in [0.2, 0.25) is 0 Å². The van der Waals surface area contributed by atoms with Gasteiger partial charge in [0.1, 0.15) is 17.3 Å². The minimum Gasteiger partial charge on any atom is -0.508 e. The van der Waals surface area contributed by atoms with Crippen LogP contribution in [0.15, 0.2) is 91.1 Å². The Morgan fingerprint density at radius 3 is 1.47 bits per heavy atom. The highest BCUT2D eigenvalue weighted by atomic mass is 16.3. The highest BCUT2D eigenvalue weighted by Crippen LogP contribution is 2.16. The Morgan fingerprint density at radius 1 is 0.605 bits per heavy atom. The van der Waals surface area contributed by atoms with Crippen LogP contribution in [0.5, 0.6) is 11.5 Å². The molecule has 0 fully saturated rings. The number of nitrogens with two attached hydrogens (primary N) is 5. The van der Waals surface area contributed by atoms with E-state index in [1.807, 2.05) is 17.0 Å². The van der Waals surface area contributed by atoms with Gasteiger partial charge < -0.3 is 54.0 Å². The second-order valence-electron chi connectivity index (χ2n) is 7.69. The number of pyridine rings is 1. The van der Waals surface area contributed by atoms with Crippen LogP contribution in [0, 0.1) is 0 Å². The Hall–Kier alpha value is -4.87. The maximum atomic E-state index is 8.83. The Balaban J connectivity index is 0.000000263. The minimum atomic E-state index is 0.0738. The monoisotopic (exact) mass is 523 g/mol. The zero-order chi connectivity index (χ0) is 28.3. The van der Waals surface area contributed by atoms with Gasteiger partial charge in [-0.15, -0.1) is 0 Å². The van der Waals surface area contributed by atoms with Gasteiger partial charge in [-0.2, -0.15) is 0 Å².